The first-order valence-corrected chi connectivity index (χ1v) is 12.7. The Morgan fingerprint density at radius 1 is 1.15 bits per heavy atom. The molecule has 0 aromatic rings. The quantitative estimate of drug-likeness (QED) is 0.185. The molecular formula is C26H34O13. The van der Waals surface area contributed by atoms with E-state index in [1.165, 1.54) is 13.8 Å². The summed E-state index contributed by atoms with van der Waals surface area (Å²) in [6, 6.07) is 0. The molecule has 39 heavy (non-hydrogen) atoms. The van der Waals surface area contributed by atoms with E-state index in [1.807, 2.05) is 0 Å². The van der Waals surface area contributed by atoms with Crippen molar-refractivity contribution in [3.63, 3.8) is 0 Å². The Labute approximate surface area is 224 Å². The summed E-state index contributed by atoms with van der Waals surface area (Å²) < 4.78 is 22.2. The van der Waals surface area contributed by atoms with E-state index in [2.05, 4.69) is 0 Å². The standard InChI is InChI=1S/C26H34O13/c1-10(2)6-15(29)39-17-19-25-9-37-26(19,23(35)36-5)20(31)16(30)18(25)24(4,8-14(27)28)12(11(3)21(32)33)7-13(25)38-22(17)34/h6,11-13,16-20,30-31H,7-9H2,1-5H3,(H,27,28)(H,32,33)/t11-,12-,13+,16+,17+,18+,19+,20-,24-,25+,26-/m0/s1. The monoisotopic (exact) mass is 554 g/mol. The van der Waals surface area contributed by atoms with Gasteiger partial charge in [-0.1, -0.05) is 19.4 Å². The summed E-state index contributed by atoms with van der Waals surface area (Å²) >= 11 is 0. The van der Waals surface area contributed by atoms with Gasteiger partial charge in [-0.15, -0.1) is 0 Å². The number of allylic oxidation sites excluding steroid dienone is 1. The molecule has 4 aliphatic rings. The normalized spacial score (nSPS) is 42.8. The van der Waals surface area contributed by atoms with E-state index in [-0.39, 0.29) is 13.0 Å². The molecule has 11 atom stereocenters. The molecule has 2 aliphatic heterocycles. The number of hydrogen-bond donors (Lipinski definition) is 4. The van der Waals surface area contributed by atoms with Crippen molar-refractivity contribution in [3.05, 3.63) is 11.6 Å². The molecule has 4 N–H and O–H groups in total. The van der Waals surface area contributed by atoms with Crippen LogP contribution in [0.15, 0.2) is 11.6 Å². The number of carboxylic acids is 2. The maximum Gasteiger partial charge on any atom is 0.348 e. The number of hydrogen-bond acceptors (Lipinski definition) is 11. The first kappa shape index (κ1) is 29.0. The fourth-order valence-corrected chi connectivity index (χ4v) is 8.08. The van der Waals surface area contributed by atoms with E-state index < -0.39 is 101 Å². The minimum Gasteiger partial charge on any atom is -0.481 e. The number of carboxylic acid groups (broad SMARTS) is 2. The third kappa shape index (κ3) is 3.88. The van der Waals surface area contributed by atoms with Gasteiger partial charge >= 0.3 is 29.8 Å². The molecule has 2 saturated heterocycles. The average Bonchev–Trinajstić information content (AvgIpc) is 3.13. The van der Waals surface area contributed by atoms with Crippen LogP contribution in [0.25, 0.3) is 0 Å². The van der Waals surface area contributed by atoms with E-state index in [9.17, 15) is 44.4 Å². The maximum absolute atomic E-state index is 13.4. The molecule has 0 aromatic carbocycles. The fraction of sp³-hybridized carbons (Fsp3) is 0.731. The van der Waals surface area contributed by atoms with Crippen molar-refractivity contribution in [1.82, 2.24) is 0 Å². The molecule has 1 spiro atoms. The van der Waals surface area contributed by atoms with Crippen LogP contribution in [0.4, 0.5) is 0 Å². The van der Waals surface area contributed by atoms with Crippen molar-refractivity contribution in [2.45, 2.75) is 70.6 Å². The summed E-state index contributed by atoms with van der Waals surface area (Å²) in [6.07, 6.45) is -6.40. The lowest BCUT2D eigenvalue weighted by Gasteiger charge is -2.66. The number of carbonyl (C=O) groups is 5. The molecule has 0 amide bonds. The van der Waals surface area contributed by atoms with Gasteiger partial charge in [0.05, 0.1) is 38.1 Å². The Morgan fingerprint density at radius 2 is 1.79 bits per heavy atom. The SMILES string of the molecule is COC(=O)[C@@]12OC[C@]34[C@H]([C@@H](O)[C@@H]1O)[C@@](C)(CC(=O)O)[C@H]([C@H](C)C(=O)O)C[C@H]3OC(=O)[C@H](OC(=O)C=C(C)C)[C@@H]24. The molecule has 4 fully saturated rings. The van der Waals surface area contributed by atoms with E-state index in [1.54, 1.807) is 13.8 Å². The Hall–Kier alpha value is -3.03. The van der Waals surface area contributed by atoms with Gasteiger partial charge in [0.1, 0.15) is 12.2 Å². The summed E-state index contributed by atoms with van der Waals surface area (Å²) in [4.78, 5) is 63.6. The average molecular weight is 555 g/mol. The van der Waals surface area contributed by atoms with E-state index in [0.29, 0.717) is 5.57 Å². The number of aliphatic hydroxyl groups excluding tert-OH is 2. The van der Waals surface area contributed by atoms with Crippen LogP contribution in [0.5, 0.6) is 0 Å². The smallest absolute Gasteiger partial charge is 0.348 e. The highest BCUT2D eigenvalue weighted by atomic mass is 16.6. The van der Waals surface area contributed by atoms with Gasteiger partial charge in [0.25, 0.3) is 0 Å². The maximum atomic E-state index is 13.4. The lowest BCUT2D eigenvalue weighted by Crippen LogP contribution is -2.79. The number of ether oxygens (including phenoxy) is 4. The van der Waals surface area contributed by atoms with E-state index >= 15 is 0 Å². The molecule has 13 heteroatoms. The molecule has 0 unspecified atom stereocenters. The highest BCUT2D eigenvalue weighted by Crippen LogP contribution is 2.72. The van der Waals surface area contributed by atoms with Gasteiger partial charge in [-0.05, 0) is 31.6 Å². The number of aliphatic carboxylic acids is 2. The van der Waals surface area contributed by atoms with Crippen LogP contribution in [0.1, 0.15) is 40.5 Å². The van der Waals surface area contributed by atoms with Crippen LogP contribution in [-0.2, 0) is 42.9 Å². The molecule has 0 aromatic heterocycles. The van der Waals surface area contributed by atoms with Crippen molar-refractivity contribution in [2.75, 3.05) is 13.7 Å². The number of esters is 3. The highest BCUT2D eigenvalue weighted by molar-refractivity contribution is 5.89. The zero-order chi connectivity index (χ0) is 29.2. The highest BCUT2D eigenvalue weighted by Gasteiger charge is 2.85. The van der Waals surface area contributed by atoms with Gasteiger partial charge in [-0.25, -0.2) is 14.4 Å². The van der Waals surface area contributed by atoms with Crippen molar-refractivity contribution in [1.29, 1.82) is 0 Å². The largest absolute Gasteiger partial charge is 0.481 e. The van der Waals surface area contributed by atoms with E-state index in [0.717, 1.165) is 13.2 Å². The summed E-state index contributed by atoms with van der Waals surface area (Å²) in [5.41, 5.74) is -4.83. The van der Waals surface area contributed by atoms with Crippen molar-refractivity contribution in [2.24, 2.45) is 34.5 Å². The first-order chi connectivity index (χ1) is 18.1. The van der Waals surface area contributed by atoms with Gasteiger partial charge in [0.2, 0.25) is 11.7 Å². The van der Waals surface area contributed by atoms with Gasteiger partial charge in [0.15, 0.2) is 0 Å². The molecule has 2 aliphatic carbocycles. The molecular weight excluding hydrogens is 520 g/mol. The van der Waals surface area contributed by atoms with Gasteiger partial charge in [-0.2, -0.15) is 0 Å². The Kier molecular flexibility index (Phi) is 7.10. The number of methoxy groups -OCH3 is 1. The lowest BCUT2D eigenvalue weighted by atomic mass is 9.38. The van der Waals surface area contributed by atoms with Crippen LogP contribution in [0.2, 0.25) is 0 Å². The second kappa shape index (κ2) is 9.56. The topological polar surface area (TPSA) is 203 Å². The minimum absolute atomic E-state index is 0.131. The van der Waals surface area contributed by atoms with Gasteiger partial charge < -0.3 is 39.4 Å². The molecule has 216 valence electrons. The molecule has 2 saturated carbocycles. The number of rotatable bonds is 7. The third-order valence-electron chi connectivity index (χ3n) is 9.38. The summed E-state index contributed by atoms with van der Waals surface area (Å²) in [5, 5.41) is 42.9. The van der Waals surface area contributed by atoms with Crippen LogP contribution in [0, 0.1) is 34.5 Å². The predicted octanol–water partition coefficient (Wildman–Crippen LogP) is -0.0924. The second-order valence-electron chi connectivity index (χ2n) is 11.6. The van der Waals surface area contributed by atoms with Gasteiger partial charge in [0, 0.05) is 17.4 Å². The fourth-order valence-electron chi connectivity index (χ4n) is 8.08. The Morgan fingerprint density at radius 3 is 2.33 bits per heavy atom. The van der Waals surface area contributed by atoms with Crippen LogP contribution < -0.4 is 0 Å². The Balaban J connectivity index is 1.99. The minimum atomic E-state index is -2.35. The zero-order valence-corrected chi connectivity index (χ0v) is 22.3. The van der Waals surface area contributed by atoms with Gasteiger partial charge in [-0.3, -0.25) is 9.59 Å². The number of aliphatic hydroxyl groups is 2. The Bertz CT molecular complexity index is 1130. The number of carbonyl (C=O) groups excluding carboxylic acids is 3. The van der Waals surface area contributed by atoms with Crippen molar-refractivity contribution in [3.8, 4) is 0 Å². The first-order valence-electron chi connectivity index (χ1n) is 12.7. The van der Waals surface area contributed by atoms with E-state index in [4.69, 9.17) is 18.9 Å². The third-order valence-corrected chi connectivity index (χ3v) is 9.38. The lowest BCUT2D eigenvalue weighted by molar-refractivity contribution is -0.294. The van der Waals surface area contributed by atoms with Crippen LogP contribution >= 0.6 is 0 Å². The molecule has 13 nitrogen and oxygen atoms in total. The molecule has 2 heterocycles. The summed E-state index contributed by atoms with van der Waals surface area (Å²) in [5.74, 6) is -10.3. The van der Waals surface area contributed by atoms with Crippen LogP contribution in [-0.4, -0.2) is 94.0 Å². The van der Waals surface area contributed by atoms with Crippen molar-refractivity contribution >= 4 is 29.8 Å². The van der Waals surface area contributed by atoms with Crippen molar-refractivity contribution < 1.29 is 63.3 Å². The summed E-state index contributed by atoms with van der Waals surface area (Å²) in [6.45, 7) is 5.77. The zero-order valence-electron chi connectivity index (χ0n) is 22.3. The summed E-state index contributed by atoms with van der Waals surface area (Å²) in [7, 11) is 1.03. The molecule has 4 rings (SSSR count). The molecule has 2 bridgehead atoms. The molecule has 0 radical (unpaired) electrons. The van der Waals surface area contributed by atoms with Crippen LogP contribution in [0.3, 0.4) is 0 Å². The second-order valence-corrected chi connectivity index (χ2v) is 11.6. The predicted molar refractivity (Wildman–Crippen MR) is 127 cm³/mol.